The standard InChI is InChI=1S/C12H10BrF3N2O/c13-9-2-1-5-17-10(9)11(19)18-6-3-8(4-7-18)12(14,15)16/h1-3,5H,4,6-7H2. The lowest BCUT2D eigenvalue weighted by molar-refractivity contribution is -0.0957. The van der Waals surface area contributed by atoms with Crippen LogP contribution in [0.4, 0.5) is 13.2 Å². The lowest BCUT2D eigenvalue weighted by Crippen LogP contribution is -2.37. The Hall–Kier alpha value is -1.37. The number of hydrogen-bond acceptors (Lipinski definition) is 2. The van der Waals surface area contributed by atoms with Crippen LogP contribution in [-0.2, 0) is 0 Å². The van der Waals surface area contributed by atoms with E-state index in [9.17, 15) is 18.0 Å². The van der Waals surface area contributed by atoms with Crippen LogP contribution in [0, 0.1) is 0 Å². The highest BCUT2D eigenvalue weighted by Gasteiger charge is 2.35. The van der Waals surface area contributed by atoms with Gasteiger partial charge >= 0.3 is 6.18 Å². The molecule has 2 rings (SSSR count). The predicted molar refractivity (Wildman–Crippen MR) is 66.6 cm³/mol. The summed E-state index contributed by atoms with van der Waals surface area (Å²) < 4.78 is 37.9. The van der Waals surface area contributed by atoms with Gasteiger partial charge in [-0.05, 0) is 34.5 Å². The fourth-order valence-corrected chi connectivity index (χ4v) is 2.23. The molecule has 7 heteroatoms. The van der Waals surface area contributed by atoms with Crippen LogP contribution in [0.25, 0.3) is 0 Å². The third-order valence-electron chi connectivity index (χ3n) is 2.82. The Bertz CT molecular complexity index is 528. The molecule has 1 aromatic rings. The molecule has 0 bridgehead atoms. The van der Waals surface area contributed by atoms with Gasteiger partial charge in [-0.3, -0.25) is 4.79 Å². The highest BCUT2D eigenvalue weighted by Crippen LogP contribution is 2.30. The number of hydrogen-bond donors (Lipinski definition) is 0. The number of halogens is 4. The van der Waals surface area contributed by atoms with Gasteiger partial charge in [-0.2, -0.15) is 13.2 Å². The number of carbonyl (C=O) groups is 1. The van der Waals surface area contributed by atoms with Crippen LogP contribution in [-0.4, -0.2) is 35.1 Å². The zero-order valence-electron chi connectivity index (χ0n) is 9.75. The minimum Gasteiger partial charge on any atom is -0.333 e. The summed E-state index contributed by atoms with van der Waals surface area (Å²) in [7, 11) is 0. The summed E-state index contributed by atoms with van der Waals surface area (Å²) in [5.41, 5.74) is -0.358. The molecule has 1 aliphatic rings. The fraction of sp³-hybridized carbons (Fsp3) is 0.333. The molecule has 2 heterocycles. The van der Waals surface area contributed by atoms with Gasteiger partial charge in [0.2, 0.25) is 0 Å². The van der Waals surface area contributed by atoms with E-state index in [4.69, 9.17) is 0 Å². The molecule has 0 unspecified atom stereocenters. The largest absolute Gasteiger partial charge is 0.412 e. The maximum Gasteiger partial charge on any atom is 0.412 e. The first kappa shape index (κ1) is 14.0. The first-order valence-corrected chi connectivity index (χ1v) is 6.35. The van der Waals surface area contributed by atoms with E-state index in [1.165, 1.54) is 11.1 Å². The second-order valence-corrected chi connectivity index (χ2v) is 4.92. The maximum atomic E-state index is 12.5. The Morgan fingerprint density at radius 3 is 2.68 bits per heavy atom. The molecule has 0 aliphatic carbocycles. The summed E-state index contributed by atoms with van der Waals surface area (Å²) in [5, 5.41) is 0. The van der Waals surface area contributed by atoms with Crippen LogP contribution in [0.3, 0.4) is 0 Å². The van der Waals surface area contributed by atoms with E-state index in [1.54, 1.807) is 12.1 Å². The summed E-state index contributed by atoms with van der Waals surface area (Å²) in [6, 6.07) is 3.33. The lowest BCUT2D eigenvalue weighted by atomic mass is 10.1. The number of aromatic nitrogens is 1. The van der Waals surface area contributed by atoms with E-state index in [0.717, 1.165) is 6.08 Å². The minimum atomic E-state index is -4.30. The first-order chi connectivity index (χ1) is 8.89. The number of carbonyl (C=O) groups excluding carboxylic acids is 1. The Morgan fingerprint density at radius 2 is 2.16 bits per heavy atom. The van der Waals surface area contributed by atoms with E-state index in [0.29, 0.717) is 4.47 Å². The summed E-state index contributed by atoms with van der Waals surface area (Å²) in [6.45, 7) is 0.00385. The van der Waals surface area contributed by atoms with Crippen molar-refractivity contribution in [3.8, 4) is 0 Å². The van der Waals surface area contributed by atoms with Gasteiger partial charge in [0, 0.05) is 29.3 Å². The molecule has 0 atom stereocenters. The van der Waals surface area contributed by atoms with Crippen molar-refractivity contribution in [2.45, 2.75) is 12.6 Å². The van der Waals surface area contributed by atoms with E-state index in [2.05, 4.69) is 20.9 Å². The van der Waals surface area contributed by atoms with Gasteiger partial charge in [-0.15, -0.1) is 0 Å². The smallest absolute Gasteiger partial charge is 0.333 e. The molecule has 102 valence electrons. The Labute approximate surface area is 116 Å². The Kier molecular flexibility index (Phi) is 3.93. The van der Waals surface area contributed by atoms with E-state index in [1.807, 2.05) is 0 Å². The molecule has 0 spiro atoms. The van der Waals surface area contributed by atoms with Crippen LogP contribution in [0.1, 0.15) is 16.9 Å². The second-order valence-electron chi connectivity index (χ2n) is 4.06. The van der Waals surface area contributed by atoms with Crippen molar-refractivity contribution in [2.75, 3.05) is 13.1 Å². The molecular weight excluding hydrogens is 325 g/mol. The SMILES string of the molecule is O=C(c1ncccc1Br)N1CC=C(C(F)(F)F)CC1. The predicted octanol–water partition coefficient (Wildman–Crippen LogP) is 3.18. The molecule has 1 aliphatic heterocycles. The zero-order chi connectivity index (χ0) is 14.0. The van der Waals surface area contributed by atoms with Crippen LogP contribution in [0.2, 0.25) is 0 Å². The summed E-state index contributed by atoms with van der Waals surface area (Å²) in [6.07, 6.45) is -1.96. The molecule has 3 nitrogen and oxygen atoms in total. The third-order valence-corrected chi connectivity index (χ3v) is 3.46. The van der Waals surface area contributed by atoms with Crippen molar-refractivity contribution in [3.63, 3.8) is 0 Å². The summed E-state index contributed by atoms with van der Waals surface area (Å²) in [5.74, 6) is -0.370. The van der Waals surface area contributed by atoms with Gasteiger partial charge < -0.3 is 4.90 Å². The van der Waals surface area contributed by atoms with Gasteiger partial charge in [-0.1, -0.05) is 6.08 Å². The van der Waals surface area contributed by atoms with Crippen molar-refractivity contribution >= 4 is 21.8 Å². The van der Waals surface area contributed by atoms with Gasteiger partial charge in [0.15, 0.2) is 0 Å². The topological polar surface area (TPSA) is 33.2 Å². The molecule has 0 saturated carbocycles. The van der Waals surface area contributed by atoms with Gasteiger partial charge in [0.25, 0.3) is 5.91 Å². The minimum absolute atomic E-state index is 0.0449. The normalized spacial score (nSPS) is 16.2. The number of pyridine rings is 1. The molecule has 0 N–H and O–H groups in total. The maximum absolute atomic E-state index is 12.5. The number of alkyl halides is 3. The van der Waals surface area contributed by atoms with Crippen molar-refractivity contribution in [1.29, 1.82) is 0 Å². The third kappa shape index (κ3) is 3.15. The van der Waals surface area contributed by atoms with E-state index in [-0.39, 0.29) is 31.1 Å². The molecule has 0 saturated heterocycles. The Morgan fingerprint density at radius 1 is 1.42 bits per heavy atom. The number of nitrogens with zero attached hydrogens (tertiary/aromatic N) is 2. The van der Waals surface area contributed by atoms with Crippen LogP contribution >= 0.6 is 15.9 Å². The van der Waals surface area contributed by atoms with Gasteiger partial charge in [0.05, 0.1) is 0 Å². The van der Waals surface area contributed by atoms with Crippen molar-refractivity contribution in [3.05, 3.63) is 40.1 Å². The van der Waals surface area contributed by atoms with E-state index < -0.39 is 11.7 Å². The van der Waals surface area contributed by atoms with Crippen molar-refractivity contribution < 1.29 is 18.0 Å². The monoisotopic (exact) mass is 334 g/mol. The molecular formula is C12H10BrF3N2O. The molecule has 19 heavy (non-hydrogen) atoms. The zero-order valence-corrected chi connectivity index (χ0v) is 11.3. The average Bonchev–Trinajstić information content (AvgIpc) is 2.38. The molecule has 1 amide bonds. The van der Waals surface area contributed by atoms with E-state index >= 15 is 0 Å². The molecule has 0 aromatic carbocycles. The first-order valence-electron chi connectivity index (χ1n) is 5.55. The molecule has 0 fully saturated rings. The molecule has 1 aromatic heterocycles. The number of amides is 1. The average molecular weight is 335 g/mol. The highest BCUT2D eigenvalue weighted by molar-refractivity contribution is 9.10. The second kappa shape index (κ2) is 5.32. The van der Waals surface area contributed by atoms with Gasteiger partial charge in [-0.25, -0.2) is 4.98 Å². The highest BCUT2D eigenvalue weighted by atomic mass is 79.9. The molecule has 0 radical (unpaired) electrons. The lowest BCUT2D eigenvalue weighted by Gasteiger charge is -2.27. The van der Waals surface area contributed by atoms with Crippen LogP contribution in [0.5, 0.6) is 0 Å². The quantitative estimate of drug-likeness (QED) is 0.739. The number of rotatable bonds is 1. The van der Waals surface area contributed by atoms with Crippen molar-refractivity contribution in [2.24, 2.45) is 0 Å². The van der Waals surface area contributed by atoms with Crippen LogP contribution in [0.15, 0.2) is 34.5 Å². The Balaban J connectivity index is 2.13. The van der Waals surface area contributed by atoms with Crippen LogP contribution < -0.4 is 0 Å². The van der Waals surface area contributed by atoms with Crippen molar-refractivity contribution in [1.82, 2.24) is 9.88 Å². The fourth-order valence-electron chi connectivity index (χ4n) is 1.80. The summed E-state index contributed by atoms with van der Waals surface area (Å²) in [4.78, 5) is 17.4. The summed E-state index contributed by atoms with van der Waals surface area (Å²) >= 11 is 3.20. The van der Waals surface area contributed by atoms with Gasteiger partial charge in [0.1, 0.15) is 5.69 Å².